The van der Waals surface area contributed by atoms with Gasteiger partial charge in [-0.1, -0.05) is 50.1 Å². The van der Waals surface area contributed by atoms with E-state index in [0.717, 1.165) is 18.4 Å². The first-order valence-corrected chi connectivity index (χ1v) is 9.70. The van der Waals surface area contributed by atoms with Crippen molar-refractivity contribution in [2.45, 2.75) is 51.1 Å². The average molecular weight is 406 g/mol. The lowest BCUT2D eigenvalue weighted by molar-refractivity contribution is -0.141. The second-order valence-electron chi connectivity index (χ2n) is 6.67. The molecule has 0 spiro atoms. The number of carboxylic acids is 1. The van der Waals surface area contributed by atoms with Gasteiger partial charge in [-0.15, -0.1) is 0 Å². The lowest BCUT2D eigenvalue weighted by Gasteiger charge is -2.19. The molecule has 0 unspecified atom stereocenters. The summed E-state index contributed by atoms with van der Waals surface area (Å²) in [6.07, 6.45) is 2.24. The van der Waals surface area contributed by atoms with Crippen LogP contribution in [-0.2, 0) is 25.6 Å². The second kappa shape index (κ2) is 13.3. The lowest BCUT2D eigenvalue weighted by Crippen LogP contribution is -2.51. The number of carboxylic acid groups (broad SMARTS) is 1. The Kier molecular flexibility index (Phi) is 11.0. The third kappa shape index (κ3) is 9.70. The quantitative estimate of drug-likeness (QED) is 0.310. The van der Waals surface area contributed by atoms with Crippen LogP contribution in [0.2, 0.25) is 0 Å². The summed E-state index contributed by atoms with van der Waals surface area (Å²) in [6, 6.07) is 7.05. The molecule has 3 amide bonds. The van der Waals surface area contributed by atoms with Crippen molar-refractivity contribution in [2.75, 3.05) is 13.1 Å². The Balaban J connectivity index is 2.58. The maximum atomic E-state index is 12.4. The van der Waals surface area contributed by atoms with E-state index in [-0.39, 0.29) is 31.8 Å². The lowest BCUT2D eigenvalue weighted by atomic mass is 10.1. The van der Waals surface area contributed by atoms with Crippen molar-refractivity contribution in [3.05, 3.63) is 35.9 Å². The molecule has 9 nitrogen and oxygen atoms in total. The number of aliphatic carboxylic acids is 1. The summed E-state index contributed by atoms with van der Waals surface area (Å²) in [5.41, 5.74) is 6.11. The molecule has 0 fully saturated rings. The van der Waals surface area contributed by atoms with Crippen LogP contribution in [-0.4, -0.2) is 54.0 Å². The molecule has 160 valence electrons. The fourth-order valence-corrected chi connectivity index (χ4v) is 2.66. The summed E-state index contributed by atoms with van der Waals surface area (Å²) in [6.45, 7) is 1.75. The third-order valence-corrected chi connectivity index (χ3v) is 4.21. The number of amides is 3. The van der Waals surface area contributed by atoms with Crippen molar-refractivity contribution in [2.24, 2.45) is 5.73 Å². The van der Waals surface area contributed by atoms with Gasteiger partial charge in [-0.2, -0.15) is 0 Å². The number of rotatable bonds is 13. The van der Waals surface area contributed by atoms with Gasteiger partial charge in [-0.3, -0.25) is 14.4 Å². The van der Waals surface area contributed by atoms with Gasteiger partial charge in [0.05, 0.1) is 6.54 Å². The number of hydrogen-bond acceptors (Lipinski definition) is 5. The average Bonchev–Trinajstić information content (AvgIpc) is 2.69. The molecular weight excluding hydrogens is 376 g/mol. The Hall–Kier alpha value is -2.94. The molecule has 1 rings (SSSR count). The van der Waals surface area contributed by atoms with Crippen LogP contribution in [0.5, 0.6) is 0 Å². The molecule has 0 heterocycles. The van der Waals surface area contributed by atoms with Gasteiger partial charge in [0.15, 0.2) is 0 Å². The van der Waals surface area contributed by atoms with Crippen LogP contribution in [0.15, 0.2) is 30.3 Å². The number of benzene rings is 1. The molecule has 0 bridgehead atoms. The van der Waals surface area contributed by atoms with Crippen molar-refractivity contribution >= 4 is 23.7 Å². The summed E-state index contributed by atoms with van der Waals surface area (Å²) in [5.74, 6) is -2.61. The van der Waals surface area contributed by atoms with Gasteiger partial charge in [-0.05, 0) is 12.0 Å². The van der Waals surface area contributed by atoms with Crippen molar-refractivity contribution in [1.82, 2.24) is 16.0 Å². The van der Waals surface area contributed by atoms with Gasteiger partial charge in [0, 0.05) is 19.4 Å². The van der Waals surface area contributed by atoms with E-state index in [1.54, 1.807) is 24.3 Å². The largest absolute Gasteiger partial charge is 0.480 e. The summed E-state index contributed by atoms with van der Waals surface area (Å²) in [7, 11) is 0. The molecule has 29 heavy (non-hydrogen) atoms. The van der Waals surface area contributed by atoms with Crippen LogP contribution < -0.4 is 21.7 Å². The van der Waals surface area contributed by atoms with Crippen LogP contribution >= 0.6 is 0 Å². The Bertz CT molecular complexity index is 681. The highest BCUT2D eigenvalue weighted by Gasteiger charge is 2.23. The molecular formula is C20H30N4O5. The Labute approximate surface area is 170 Å². The molecule has 0 radical (unpaired) electrons. The molecule has 9 heteroatoms. The zero-order valence-corrected chi connectivity index (χ0v) is 16.6. The second-order valence-corrected chi connectivity index (χ2v) is 6.67. The molecule has 0 aliphatic rings. The van der Waals surface area contributed by atoms with E-state index >= 15 is 0 Å². The van der Waals surface area contributed by atoms with E-state index in [1.165, 1.54) is 0 Å². The van der Waals surface area contributed by atoms with E-state index in [1.807, 2.05) is 13.0 Å². The minimum Gasteiger partial charge on any atom is -0.480 e. The maximum absolute atomic E-state index is 12.4. The molecule has 0 saturated heterocycles. The highest BCUT2D eigenvalue weighted by molar-refractivity contribution is 5.91. The highest BCUT2D eigenvalue weighted by atomic mass is 16.4. The van der Waals surface area contributed by atoms with Crippen molar-refractivity contribution < 1.29 is 24.3 Å². The van der Waals surface area contributed by atoms with Crippen LogP contribution in [0.3, 0.4) is 0 Å². The van der Waals surface area contributed by atoms with E-state index in [2.05, 4.69) is 16.0 Å². The molecule has 1 aromatic carbocycles. The van der Waals surface area contributed by atoms with Gasteiger partial charge >= 0.3 is 5.97 Å². The van der Waals surface area contributed by atoms with E-state index in [4.69, 9.17) is 5.73 Å². The van der Waals surface area contributed by atoms with Crippen LogP contribution in [0, 0.1) is 0 Å². The predicted octanol–water partition coefficient (Wildman–Crippen LogP) is -0.0615. The summed E-state index contributed by atoms with van der Waals surface area (Å²) < 4.78 is 0. The van der Waals surface area contributed by atoms with Crippen LogP contribution in [0.1, 0.15) is 38.2 Å². The molecule has 0 aromatic heterocycles. The topological polar surface area (TPSA) is 151 Å². The van der Waals surface area contributed by atoms with E-state index in [9.17, 15) is 24.3 Å². The van der Waals surface area contributed by atoms with Gasteiger partial charge in [0.2, 0.25) is 17.7 Å². The summed E-state index contributed by atoms with van der Waals surface area (Å²) in [5, 5.41) is 16.8. The fraction of sp³-hybridized carbons (Fsp3) is 0.500. The Morgan fingerprint density at radius 3 is 2.28 bits per heavy atom. The fourth-order valence-electron chi connectivity index (χ4n) is 2.66. The first-order chi connectivity index (χ1) is 13.9. The van der Waals surface area contributed by atoms with Gasteiger partial charge in [0.1, 0.15) is 12.1 Å². The Morgan fingerprint density at radius 1 is 1.03 bits per heavy atom. The minimum absolute atomic E-state index is 0.107. The zero-order valence-electron chi connectivity index (χ0n) is 16.6. The number of unbranched alkanes of at least 4 members (excludes halogenated alkanes) is 1. The number of hydrogen-bond donors (Lipinski definition) is 5. The molecule has 1 aromatic rings. The SMILES string of the molecule is CCCC[C@H](NC(=O)CCN)C(=O)NCC(=O)N[C@@H](Cc1ccccc1)C(=O)O. The summed E-state index contributed by atoms with van der Waals surface area (Å²) in [4.78, 5) is 47.6. The smallest absolute Gasteiger partial charge is 0.326 e. The normalized spacial score (nSPS) is 12.5. The number of nitrogens with one attached hydrogen (secondary N) is 3. The maximum Gasteiger partial charge on any atom is 0.326 e. The van der Waals surface area contributed by atoms with E-state index < -0.39 is 29.9 Å². The predicted molar refractivity (Wildman–Crippen MR) is 108 cm³/mol. The van der Waals surface area contributed by atoms with Crippen molar-refractivity contribution in [3.63, 3.8) is 0 Å². The summed E-state index contributed by atoms with van der Waals surface area (Å²) >= 11 is 0. The third-order valence-electron chi connectivity index (χ3n) is 4.21. The minimum atomic E-state index is -1.16. The van der Waals surface area contributed by atoms with Gasteiger partial charge in [0.25, 0.3) is 0 Å². The number of carbonyl (C=O) groups excluding carboxylic acids is 3. The Morgan fingerprint density at radius 2 is 1.69 bits per heavy atom. The highest BCUT2D eigenvalue weighted by Crippen LogP contribution is 2.04. The monoisotopic (exact) mass is 406 g/mol. The van der Waals surface area contributed by atoms with Crippen LogP contribution in [0.25, 0.3) is 0 Å². The first kappa shape index (κ1) is 24.1. The standard InChI is InChI=1S/C20H30N4O5/c1-2-3-9-15(23-17(25)10-11-21)19(27)22-13-18(26)24-16(20(28)29)12-14-7-5-4-6-8-14/h4-8,15-16H,2-3,9-13,21H2,1H3,(H,22,27)(H,23,25)(H,24,26)(H,28,29)/t15-,16-/m0/s1. The van der Waals surface area contributed by atoms with Crippen molar-refractivity contribution in [1.29, 1.82) is 0 Å². The van der Waals surface area contributed by atoms with Gasteiger partial charge < -0.3 is 26.8 Å². The molecule has 2 atom stereocenters. The van der Waals surface area contributed by atoms with E-state index in [0.29, 0.717) is 6.42 Å². The molecule has 0 saturated carbocycles. The van der Waals surface area contributed by atoms with Crippen LogP contribution in [0.4, 0.5) is 0 Å². The number of carbonyl (C=O) groups is 4. The first-order valence-electron chi connectivity index (χ1n) is 9.70. The molecule has 6 N–H and O–H groups in total. The zero-order chi connectivity index (χ0) is 21.6. The number of nitrogens with two attached hydrogens (primary N) is 1. The van der Waals surface area contributed by atoms with Gasteiger partial charge in [-0.25, -0.2) is 4.79 Å². The molecule has 0 aliphatic carbocycles. The molecule has 0 aliphatic heterocycles. The van der Waals surface area contributed by atoms with Crippen molar-refractivity contribution in [3.8, 4) is 0 Å².